The van der Waals surface area contributed by atoms with Crippen LogP contribution in [-0.2, 0) is 6.54 Å². The predicted octanol–water partition coefficient (Wildman–Crippen LogP) is 2.28. The zero-order valence-corrected chi connectivity index (χ0v) is 12.6. The molecule has 0 aliphatic carbocycles. The Bertz CT molecular complexity index is 670. The molecule has 1 saturated heterocycles. The van der Waals surface area contributed by atoms with Gasteiger partial charge >= 0.3 is 0 Å². The van der Waals surface area contributed by atoms with Crippen LogP contribution in [0.25, 0.3) is 0 Å². The summed E-state index contributed by atoms with van der Waals surface area (Å²) in [7, 11) is 0. The van der Waals surface area contributed by atoms with Gasteiger partial charge in [-0.15, -0.1) is 0 Å². The van der Waals surface area contributed by atoms with Crippen molar-refractivity contribution in [2.45, 2.75) is 26.3 Å². The molecule has 3 heterocycles. The van der Waals surface area contributed by atoms with E-state index in [1.165, 1.54) is 12.3 Å². The first-order valence-corrected chi connectivity index (χ1v) is 7.51. The van der Waals surface area contributed by atoms with Crippen molar-refractivity contribution in [3.05, 3.63) is 48.1 Å². The maximum absolute atomic E-state index is 13.7. The quantitative estimate of drug-likeness (QED) is 0.874. The lowest BCUT2D eigenvalue weighted by atomic mass is 9.97. The average molecular weight is 302 g/mol. The summed E-state index contributed by atoms with van der Waals surface area (Å²) < 4.78 is 15.8. The number of amides is 1. The first-order chi connectivity index (χ1) is 10.6. The zero-order valence-electron chi connectivity index (χ0n) is 12.6. The van der Waals surface area contributed by atoms with Gasteiger partial charge < -0.3 is 9.47 Å². The van der Waals surface area contributed by atoms with Crippen molar-refractivity contribution in [2.75, 3.05) is 13.1 Å². The van der Waals surface area contributed by atoms with Gasteiger partial charge in [-0.3, -0.25) is 9.78 Å². The highest BCUT2D eigenvalue weighted by molar-refractivity contribution is 5.94. The number of aromatic nitrogens is 3. The molecular weight excluding hydrogens is 283 g/mol. The summed E-state index contributed by atoms with van der Waals surface area (Å²) in [5.41, 5.74) is 0.106. The molecule has 116 valence electrons. The van der Waals surface area contributed by atoms with Gasteiger partial charge in [-0.05, 0) is 31.7 Å². The number of carbonyl (C=O) groups excluding carboxylic acids is 1. The van der Waals surface area contributed by atoms with Gasteiger partial charge in [0.25, 0.3) is 5.91 Å². The molecule has 1 amide bonds. The van der Waals surface area contributed by atoms with E-state index >= 15 is 0 Å². The minimum absolute atomic E-state index is 0.106. The fourth-order valence-electron chi connectivity index (χ4n) is 2.99. The van der Waals surface area contributed by atoms with E-state index in [-0.39, 0.29) is 11.5 Å². The van der Waals surface area contributed by atoms with Crippen molar-refractivity contribution < 1.29 is 9.18 Å². The van der Waals surface area contributed by atoms with Crippen LogP contribution in [0.5, 0.6) is 0 Å². The second-order valence-corrected chi connectivity index (χ2v) is 5.74. The maximum atomic E-state index is 13.7. The number of rotatable bonds is 3. The first kappa shape index (κ1) is 14.7. The van der Waals surface area contributed by atoms with E-state index in [4.69, 9.17) is 0 Å². The van der Waals surface area contributed by atoms with Gasteiger partial charge in [-0.25, -0.2) is 9.37 Å². The Hall–Kier alpha value is -2.24. The molecule has 3 rings (SSSR count). The molecule has 1 aliphatic rings. The van der Waals surface area contributed by atoms with E-state index in [0.717, 1.165) is 31.4 Å². The lowest BCUT2D eigenvalue weighted by Crippen LogP contribution is -2.41. The number of piperidine rings is 1. The van der Waals surface area contributed by atoms with Crippen molar-refractivity contribution in [1.82, 2.24) is 19.4 Å². The molecule has 6 heteroatoms. The third kappa shape index (κ3) is 3.00. The van der Waals surface area contributed by atoms with Crippen molar-refractivity contribution in [2.24, 2.45) is 5.92 Å². The van der Waals surface area contributed by atoms with E-state index in [1.807, 2.05) is 13.1 Å². The van der Waals surface area contributed by atoms with E-state index in [2.05, 4.69) is 14.5 Å². The Morgan fingerprint density at radius 3 is 3.05 bits per heavy atom. The minimum Gasteiger partial charge on any atom is -0.338 e. The highest BCUT2D eigenvalue weighted by atomic mass is 19.1. The van der Waals surface area contributed by atoms with E-state index in [1.54, 1.807) is 11.1 Å². The Kier molecular flexibility index (Phi) is 4.18. The standard InChI is InChI=1S/C16H19FN4O/c1-12-19-6-8-20(12)10-13-3-2-7-21(11-13)16(22)14-4-5-18-9-15(14)17/h4-6,8-9,13H,2-3,7,10-11H2,1H3/t13-/m1/s1. The van der Waals surface area contributed by atoms with Crippen LogP contribution in [0.4, 0.5) is 4.39 Å². The third-order valence-electron chi connectivity index (χ3n) is 4.19. The molecule has 2 aromatic rings. The van der Waals surface area contributed by atoms with E-state index < -0.39 is 5.82 Å². The van der Waals surface area contributed by atoms with Crippen LogP contribution >= 0.6 is 0 Å². The molecule has 5 nitrogen and oxygen atoms in total. The number of imidazole rings is 1. The zero-order chi connectivity index (χ0) is 15.5. The van der Waals surface area contributed by atoms with Crippen molar-refractivity contribution in [3.8, 4) is 0 Å². The third-order valence-corrected chi connectivity index (χ3v) is 4.19. The number of nitrogens with zero attached hydrogens (tertiary/aromatic N) is 4. The summed E-state index contributed by atoms with van der Waals surface area (Å²) in [6.45, 7) is 4.14. The number of hydrogen-bond donors (Lipinski definition) is 0. The van der Waals surface area contributed by atoms with Crippen LogP contribution in [0.1, 0.15) is 29.0 Å². The maximum Gasteiger partial charge on any atom is 0.256 e. The lowest BCUT2D eigenvalue weighted by molar-refractivity contribution is 0.0657. The van der Waals surface area contributed by atoms with Crippen LogP contribution in [0.15, 0.2) is 30.9 Å². The largest absolute Gasteiger partial charge is 0.338 e. The molecule has 0 radical (unpaired) electrons. The van der Waals surface area contributed by atoms with Gasteiger partial charge in [0, 0.05) is 38.2 Å². The first-order valence-electron chi connectivity index (χ1n) is 7.51. The molecular formula is C16H19FN4O. The van der Waals surface area contributed by atoms with Crippen LogP contribution in [-0.4, -0.2) is 38.4 Å². The highest BCUT2D eigenvalue weighted by Gasteiger charge is 2.26. The second kappa shape index (κ2) is 6.25. The molecule has 0 aromatic carbocycles. The van der Waals surface area contributed by atoms with Gasteiger partial charge in [0.1, 0.15) is 5.82 Å². The summed E-state index contributed by atoms with van der Waals surface area (Å²) in [6, 6.07) is 1.45. The van der Waals surface area contributed by atoms with Gasteiger partial charge in [0.2, 0.25) is 0 Å². The van der Waals surface area contributed by atoms with E-state index in [9.17, 15) is 9.18 Å². The molecule has 0 saturated carbocycles. The number of carbonyl (C=O) groups is 1. The fraction of sp³-hybridized carbons (Fsp3) is 0.438. The van der Waals surface area contributed by atoms with Gasteiger partial charge in [0.15, 0.2) is 5.82 Å². The topological polar surface area (TPSA) is 51.0 Å². The lowest BCUT2D eigenvalue weighted by Gasteiger charge is -2.33. The number of halogens is 1. The van der Waals surface area contributed by atoms with Crippen LogP contribution in [0, 0.1) is 18.7 Å². The van der Waals surface area contributed by atoms with Gasteiger partial charge in [-0.2, -0.15) is 0 Å². The van der Waals surface area contributed by atoms with Crippen LogP contribution < -0.4 is 0 Å². The Labute approximate surface area is 128 Å². The molecule has 1 atom stereocenters. The SMILES string of the molecule is Cc1nccn1C[C@H]1CCCN(C(=O)c2ccncc2F)C1. The molecule has 0 bridgehead atoms. The van der Waals surface area contributed by atoms with Crippen LogP contribution in [0.2, 0.25) is 0 Å². The number of likely N-dealkylation sites (tertiary alicyclic amines) is 1. The smallest absolute Gasteiger partial charge is 0.256 e. The van der Waals surface area contributed by atoms with Crippen molar-refractivity contribution in [1.29, 1.82) is 0 Å². The van der Waals surface area contributed by atoms with Gasteiger partial charge in [0.05, 0.1) is 11.8 Å². The summed E-state index contributed by atoms with van der Waals surface area (Å²) in [5.74, 6) is 0.547. The molecule has 1 fully saturated rings. The Balaban J connectivity index is 1.69. The molecule has 0 unspecified atom stereocenters. The number of pyridine rings is 1. The number of aryl methyl sites for hydroxylation is 1. The minimum atomic E-state index is -0.555. The second-order valence-electron chi connectivity index (χ2n) is 5.74. The van der Waals surface area contributed by atoms with Gasteiger partial charge in [-0.1, -0.05) is 0 Å². The molecule has 0 spiro atoms. The summed E-state index contributed by atoms with van der Waals surface area (Å²) in [5, 5.41) is 0. The van der Waals surface area contributed by atoms with Crippen molar-refractivity contribution >= 4 is 5.91 Å². The van der Waals surface area contributed by atoms with E-state index in [0.29, 0.717) is 19.0 Å². The predicted molar refractivity (Wildman–Crippen MR) is 79.8 cm³/mol. The monoisotopic (exact) mass is 302 g/mol. The fourth-order valence-corrected chi connectivity index (χ4v) is 2.99. The number of hydrogen-bond acceptors (Lipinski definition) is 3. The molecule has 2 aromatic heterocycles. The summed E-state index contributed by atoms with van der Waals surface area (Å²) in [4.78, 5) is 22.1. The molecule has 0 N–H and O–H groups in total. The average Bonchev–Trinajstić information content (AvgIpc) is 2.92. The Morgan fingerprint density at radius 2 is 2.32 bits per heavy atom. The molecule has 22 heavy (non-hydrogen) atoms. The normalized spacial score (nSPS) is 18.5. The Morgan fingerprint density at radius 1 is 1.45 bits per heavy atom. The summed E-state index contributed by atoms with van der Waals surface area (Å²) >= 11 is 0. The molecule has 1 aliphatic heterocycles. The van der Waals surface area contributed by atoms with Crippen LogP contribution in [0.3, 0.4) is 0 Å². The highest BCUT2D eigenvalue weighted by Crippen LogP contribution is 2.21. The van der Waals surface area contributed by atoms with Crippen molar-refractivity contribution in [3.63, 3.8) is 0 Å². The summed E-state index contributed by atoms with van der Waals surface area (Å²) in [6.07, 6.45) is 8.29.